The predicted octanol–water partition coefficient (Wildman–Crippen LogP) is 3.71. The number of rotatable bonds is 9. The molecule has 0 aliphatic carbocycles. The monoisotopic (exact) mass is 468 g/mol. The summed E-state index contributed by atoms with van der Waals surface area (Å²) in [7, 11) is -2.59. The number of hydrogen-bond donors (Lipinski definition) is 1. The number of benzene rings is 3. The van der Waals surface area contributed by atoms with Gasteiger partial charge in [-0.1, -0.05) is 30.3 Å². The van der Waals surface area contributed by atoms with Crippen molar-refractivity contribution in [1.29, 1.82) is 0 Å². The first-order valence-electron chi connectivity index (χ1n) is 10.1. The molecule has 3 rings (SSSR count). The van der Waals surface area contributed by atoms with Gasteiger partial charge in [0.2, 0.25) is 5.91 Å². The fourth-order valence-corrected chi connectivity index (χ4v) is 4.50. The minimum Gasteiger partial charge on any atom is -0.497 e. The van der Waals surface area contributed by atoms with E-state index in [2.05, 4.69) is 5.32 Å². The zero-order valence-electron chi connectivity index (χ0n) is 18.2. The Morgan fingerprint density at radius 2 is 1.55 bits per heavy atom. The van der Waals surface area contributed by atoms with E-state index in [0.29, 0.717) is 11.4 Å². The molecule has 0 aliphatic rings. The number of esters is 1. The topological polar surface area (TPSA) is 102 Å². The van der Waals surface area contributed by atoms with Crippen LogP contribution in [0.5, 0.6) is 5.75 Å². The molecule has 172 valence electrons. The maximum absolute atomic E-state index is 13.4. The number of carbonyl (C=O) groups excluding carboxylic acids is 2. The lowest BCUT2D eigenvalue weighted by Gasteiger charge is -2.24. The van der Waals surface area contributed by atoms with E-state index in [0.717, 1.165) is 4.31 Å². The van der Waals surface area contributed by atoms with Gasteiger partial charge in [0, 0.05) is 0 Å². The summed E-state index contributed by atoms with van der Waals surface area (Å²) < 4.78 is 38.0. The summed E-state index contributed by atoms with van der Waals surface area (Å²) in [5.41, 5.74) is 0.731. The summed E-state index contributed by atoms with van der Waals surface area (Å²) >= 11 is 0. The second-order valence-electron chi connectivity index (χ2n) is 6.84. The number of para-hydroxylation sites is 2. The number of nitrogens with zero attached hydrogens (tertiary/aromatic N) is 1. The molecule has 0 saturated heterocycles. The fraction of sp³-hybridized carbons (Fsp3) is 0.167. The number of anilines is 2. The van der Waals surface area contributed by atoms with Crippen LogP contribution in [0, 0.1) is 0 Å². The van der Waals surface area contributed by atoms with E-state index >= 15 is 0 Å². The van der Waals surface area contributed by atoms with E-state index in [4.69, 9.17) is 9.47 Å². The Kier molecular flexibility index (Phi) is 7.68. The molecule has 0 radical (unpaired) electrons. The number of sulfonamides is 1. The average Bonchev–Trinajstić information content (AvgIpc) is 2.83. The second-order valence-corrected chi connectivity index (χ2v) is 8.70. The van der Waals surface area contributed by atoms with Crippen LogP contribution in [-0.2, 0) is 19.6 Å². The highest BCUT2D eigenvalue weighted by Crippen LogP contribution is 2.25. The minimum absolute atomic E-state index is 0.00637. The van der Waals surface area contributed by atoms with Gasteiger partial charge in [-0.2, -0.15) is 0 Å². The van der Waals surface area contributed by atoms with Gasteiger partial charge in [0.15, 0.2) is 0 Å². The Bertz CT molecular complexity index is 1210. The Morgan fingerprint density at radius 3 is 2.18 bits per heavy atom. The van der Waals surface area contributed by atoms with Gasteiger partial charge in [0.05, 0.1) is 35.6 Å². The standard InChI is InChI=1S/C24H24N2O6S/c1-3-32-24(28)21-11-7-8-12-22(21)25-23(27)17-26(18-9-5-4-6-10-18)33(29,30)20-15-13-19(31-2)14-16-20/h4-16H,3,17H2,1-2H3,(H,25,27). The van der Waals surface area contributed by atoms with Gasteiger partial charge in [0.25, 0.3) is 10.0 Å². The molecule has 0 aromatic heterocycles. The molecule has 0 bridgehead atoms. The van der Waals surface area contributed by atoms with Crippen LogP contribution in [0.3, 0.4) is 0 Å². The maximum atomic E-state index is 13.4. The molecule has 33 heavy (non-hydrogen) atoms. The first-order valence-corrected chi connectivity index (χ1v) is 11.6. The van der Waals surface area contributed by atoms with E-state index in [1.165, 1.54) is 37.4 Å². The number of carbonyl (C=O) groups is 2. The van der Waals surface area contributed by atoms with Crippen molar-refractivity contribution in [2.24, 2.45) is 0 Å². The lowest BCUT2D eigenvalue weighted by Crippen LogP contribution is -2.38. The maximum Gasteiger partial charge on any atom is 0.340 e. The summed E-state index contributed by atoms with van der Waals surface area (Å²) in [6.45, 7) is 1.36. The predicted molar refractivity (Wildman–Crippen MR) is 125 cm³/mol. The number of amides is 1. The molecule has 3 aromatic carbocycles. The summed E-state index contributed by atoms with van der Waals surface area (Å²) in [5.74, 6) is -0.694. The molecule has 1 amide bonds. The van der Waals surface area contributed by atoms with Crippen LogP contribution in [0.25, 0.3) is 0 Å². The first kappa shape index (κ1) is 23.8. The highest BCUT2D eigenvalue weighted by molar-refractivity contribution is 7.92. The van der Waals surface area contributed by atoms with Crippen LogP contribution in [0.15, 0.2) is 83.8 Å². The fourth-order valence-electron chi connectivity index (χ4n) is 3.08. The van der Waals surface area contributed by atoms with Crippen molar-refractivity contribution in [2.45, 2.75) is 11.8 Å². The number of nitrogens with one attached hydrogen (secondary N) is 1. The number of methoxy groups -OCH3 is 1. The lowest BCUT2D eigenvalue weighted by atomic mass is 10.2. The molecular formula is C24H24N2O6S. The molecule has 0 saturated carbocycles. The van der Waals surface area contributed by atoms with Gasteiger partial charge in [-0.15, -0.1) is 0 Å². The normalized spacial score (nSPS) is 10.8. The van der Waals surface area contributed by atoms with E-state index in [9.17, 15) is 18.0 Å². The molecule has 8 nitrogen and oxygen atoms in total. The van der Waals surface area contributed by atoms with Crippen LogP contribution in [0.1, 0.15) is 17.3 Å². The quantitative estimate of drug-likeness (QED) is 0.481. The Labute approximate surface area is 192 Å². The SMILES string of the molecule is CCOC(=O)c1ccccc1NC(=O)CN(c1ccccc1)S(=O)(=O)c1ccc(OC)cc1. The molecule has 0 unspecified atom stereocenters. The first-order chi connectivity index (χ1) is 15.9. The average molecular weight is 469 g/mol. The molecule has 0 fully saturated rings. The van der Waals surface area contributed by atoms with Gasteiger partial charge < -0.3 is 14.8 Å². The van der Waals surface area contributed by atoms with Crippen molar-refractivity contribution in [1.82, 2.24) is 0 Å². The van der Waals surface area contributed by atoms with Crippen LogP contribution < -0.4 is 14.4 Å². The van der Waals surface area contributed by atoms with Crippen LogP contribution in [0.2, 0.25) is 0 Å². The Morgan fingerprint density at radius 1 is 0.909 bits per heavy atom. The zero-order chi connectivity index (χ0) is 23.8. The van der Waals surface area contributed by atoms with Gasteiger partial charge in [-0.05, 0) is 55.5 Å². The molecule has 9 heteroatoms. The summed E-state index contributed by atoms with van der Waals surface area (Å²) in [6.07, 6.45) is 0. The van der Waals surface area contributed by atoms with Gasteiger partial charge >= 0.3 is 5.97 Å². The Balaban J connectivity index is 1.91. The molecule has 0 spiro atoms. The third-order valence-corrected chi connectivity index (χ3v) is 6.46. The molecule has 0 aliphatic heterocycles. The van der Waals surface area contributed by atoms with Crippen molar-refractivity contribution in [3.8, 4) is 5.75 Å². The largest absolute Gasteiger partial charge is 0.497 e. The van der Waals surface area contributed by atoms with Crippen molar-refractivity contribution in [2.75, 3.05) is 29.9 Å². The highest BCUT2D eigenvalue weighted by Gasteiger charge is 2.27. The molecule has 0 atom stereocenters. The molecule has 3 aromatic rings. The van der Waals surface area contributed by atoms with Gasteiger partial charge in [-0.3, -0.25) is 9.10 Å². The van der Waals surface area contributed by atoms with Crippen molar-refractivity contribution in [3.63, 3.8) is 0 Å². The van der Waals surface area contributed by atoms with E-state index in [1.54, 1.807) is 55.5 Å². The number of hydrogen-bond acceptors (Lipinski definition) is 6. The van der Waals surface area contributed by atoms with Gasteiger partial charge in [0.1, 0.15) is 12.3 Å². The third-order valence-electron chi connectivity index (χ3n) is 4.68. The summed E-state index contributed by atoms with van der Waals surface area (Å²) in [5, 5.41) is 2.63. The third kappa shape index (κ3) is 5.69. The minimum atomic E-state index is -4.08. The van der Waals surface area contributed by atoms with Crippen LogP contribution in [-0.4, -0.2) is 40.6 Å². The summed E-state index contributed by atoms with van der Waals surface area (Å²) in [6, 6.07) is 20.6. The van der Waals surface area contributed by atoms with E-state index in [1.807, 2.05) is 0 Å². The molecule has 1 N–H and O–H groups in total. The Hall–Kier alpha value is -3.85. The number of ether oxygens (including phenoxy) is 2. The highest BCUT2D eigenvalue weighted by atomic mass is 32.2. The summed E-state index contributed by atoms with van der Waals surface area (Å²) in [4.78, 5) is 25.1. The molecule has 0 heterocycles. The zero-order valence-corrected chi connectivity index (χ0v) is 19.0. The molecular weight excluding hydrogens is 444 g/mol. The van der Waals surface area contributed by atoms with Crippen LogP contribution >= 0.6 is 0 Å². The van der Waals surface area contributed by atoms with Crippen LogP contribution in [0.4, 0.5) is 11.4 Å². The lowest BCUT2D eigenvalue weighted by molar-refractivity contribution is -0.114. The van der Waals surface area contributed by atoms with Crippen molar-refractivity contribution >= 4 is 33.3 Å². The van der Waals surface area contributed by atoms with Crippen molar-refractivity contribution in [3.05, 3.63) is 84.4 Å². The second kappa shape index (κ2) is 10.6. The van der Waals surface area contributed by atoms with Crippen molar-refractivity contribution < 1.29 is 27.5 Å². The van der Waals surface area contributed by atoms with E-state index in [-0.39, 0.29) is 22.8 Å². The van der Waals surface area contributed by atoms with Gasteiger partial charge in [-0.25, -0.2) is 13.2 Å². The smallest absolute Gasteiger partial charge is 0.340 e. The van der Waals surface area contributed by atoms with E-state index < -0.39 is 28.4 Å².